The summed E-state index contributed by atoms with van der Waals surface area (Å²) < 4.78 is 13.6. The van der Waals surface area contributed by atoms with Gasteiger partial charge in [-0.3, -0.25) is 9.58 Å². The number of nitrogens with zero attached hydrogens (tertiary/aromatic N) is 3. The molecule has 1 N–H and O–H groups in total. The van der Waals surface area contributed by atoms with Crippen LogP contribution in [0.1, 0.15) is 36.7 Å². The molecule has 3 fully saturated rings. The minimum atomic E-state index is -0.627. The Balaban J connectivity index is 1.62. The van der Waals surface area contributed by atoms with Gasteiger partial charge in [0.15, 0.2) is 0 Å². The molecule has 0 radical (unpaired) electrons. The third-order valence-corrected chi connectivity index (χ3v) is 6.75. The van der Waals surface area contributed by atoms with E-state index in [1.807, 2.05) is 0 Å². The van der Waals surface area contributed by atoms with Gasteiger partial charge in [0.1, 0.15) is 0 Å². The zero-order valence-corrected chi connectivity index (χ0v) is 15.7. The highest BCUT2D eigenvalue weighted by atomic mass is 16.5. The second-order valence-electron chi connectivity index (χ2n) is 7.95. The predicted molar refractivity (Wildman–Crippen MR) is 94.4 cm³/mol. The second-order valence-corrected chi connectivity index (χ2v) is 7.95. The van der Waals surface area contributed by atoms with Crippen LogP contribution < -0.4 is 0 Å². The molecule has 3 saturated heterocycles. The van der Waals surface area contributed by atoms with E-state index in [0.717, 1.165) is 44.8 Å². The van der Waals surface area contributed by atoms with Crippen LogP contribution in [0.3, 0.4) is 0 Å². The van der Waals surface area contributed by atoms with Crippen molar-refractivity contribution in [2.24, 2.45) is 11.8 Å². The van der Waals surface area contributed by atoms with Crippen LogP contribution >= 0.6 is 0 Å². The average molecular weight is 349 g/mol. The van der Waals surface area contributed by atoms with Gasteiger partial charge in [0.05, 0.1) is 24.5 Å². The molecule has 4 atom stereocenters. The molecule has 6 nitrogen and oxygen atoms in total. The highest BCUT2D eigenvalue weighted by molar-refractivity contribution is 5.25. The lowest BCUT2D eigenvalue weighted by Gasteiger charge is -2.57. The molecule has 4 rings (SSSR count). The summed E-state index contributed by atoms with van der Waals surface area (Å²) >= 11 is 0. The van der Waals surface area contributed by atoms with E-state index in [-0.39, 0.29) is 11.8 Å². The van der Waals surface area contributed by atoms with Crippen LogP contribution in [-0.2, 0) is 22.6 Å². The Labute approximate surface area is 150 Å². The topological polar surface area (TPSA) is 59.8 Å². The number of hydrogen-bond acceptors (Lipinski definition) is 5. The Morgan fingerprint density at radius 1 is 1.24 bits per heavy atom. The summed E-state index contributed by atoms with van der Waals surface area (Å²) in [5, 5.41) is 16.1. The van der Waals surface area contributed by atoms with Gasteiger partial charge in [-0.1, -0.05) is 0 Å². The summed E-state index contributed by atoms with van der Waals surface area (Å²) in [6.45, 7) is 11.9. The number of ether oxygens (including phenoxy) is 2. The van der Waals surface area contributed by atoms with Gasteiger partial charge in [-0.15, -0.1) is 0 Å². The summed E-state index contributed by atoms with van der Waals surface area (Å²) in [6.07, 6.45) is 1.74. The molecule has 25 heavy (non-hydrogen) atoms. The first-order valence-corrected chi connectivity index (χ1v) is 9.69. The van der Waals surface area contributed by atoms with Crippen LogP contribution in [0.2, 0.25) is 0 Å². The highest BCUT2D eigenvalue weighted by Gasteiger charge is 2.55. The van der Waals surface area contributed by atoms with Crippen molar-refractivity contribution in [3.05, 3.63) is 17.0 Å². The van der Waals surface area contributed by atoms with Crippen LogP contribution in [0.15, 0.2) is 0 Å². The molecule has 0 saturated carbocycles. The summed E-state index contributed by atoms with van der Waals surface area (Å²) in [5.41, 5.74) is 3.11. The number of aliphatic hydroxyl groups is 1. The molecule has 140 valence electrons. The lowest BCUT2D eigenvalue weighted by Crippen LogP contribution is -2.67. The van der Waals surface area contributed by atoms with Crippen molar-refractivity contribution >= 4 is 0 Å². The first-order chi connectivity index (χ1) is 12.0. The van der Waals surface area contributed by atoms with Gasteiger partial charge >= 0.3 is 0 Å². The summed E-state index contributed by atoms with van der Waals surface area (Å²) in [6, 6.07) is 0.386. The first-order valence-electron chi connectivity index (χ1n) is 9.69. The molecule has 4 heterocycles. The molecule has 0 aromatic carbocycles. The van der Waals surface area contributed by atoms with Crippen LogP contribution in [-0.4, -0.2) is 64.4 Å². The Morgan fingerprint density at radius 2 is 2.04 bits per heavy atom. The Bertz CT molecular complexity index is 632. The maximum atomic E-state index is 11.4. The lowest BCUT2D eigenvalue weighted by atomic mass is 9.66. The van der Waals surface area contributed by atoms with Crippen molar-refractivity contribution in [1.82, 2.24) is 14.7 Å². The molecular weight excluding hydrogens is 318 g/mol. The van der Waals surface area contributed by atoms with Gasteiger partial charge in [0, 0.05) is 68.4 Å². The van der Waals surface area contributed by atoms with E-state index in [2.05, 4.69) is 35.5 Å². The van der Waals surface area contributed by atoms with E-state index in [4.69, 9.17) is 9.47 Å². The number of piperidine rings is 1. The molecule has 0 unspecified atom stereocenters. The van der Waals surface area contributed by atoms with Crippen LogP contribution in [0, 0.1) is 25.7 Å². The molecule has 0 bridgehead atoms. The number of hydrogen-bond donors (Lipinski definition) is 1. The molecule has 6 heteroatoms. The molecule has 3 aliphatic heterocycles. The molecule has 0 amide bonds. The van der Waals surface area contributed by atoms with E-state index in [1.165, 1.54) is 11.3 Å². The van der Waals surface area contributed by atoms with E-state index in [9.17, 15) is 5.11 Å². The fourth-order valence-electron chi connectivity index (χ4n) is 5.22. The van der Waals surface area contributed by atoms with E-state index < -0.39 is 5.60 Å². The quantitative estimate of drug-likeness (QED) is 0.896. The molecule has 0 spiro atoms. The maximum Gasteiger partial charge on any atom is 0.0796 e. The number of rotatable bonds is 3. The Morgan fingerprint density at radius 3 is 2.80 bits per heavy atom. The van der Waals surface area contributed by atoms with E-state index in [0.29, 0.717) is 25.9 Å². The third-order valence-electron chi connectivity index (χ3n) is 6.75. The maximum absolute atomic E-state index is 11.4. The van der Waals surface area contributed by atoms with Crippen LogP contribution in [0.4, 0.5) is 0 Å². The fourth-order valence-corrected chi connectivity index (χ4v) is 5.22. The van der Waals surface area contributed by atoms with E-state index >= 15 is 0 Å². The van der Waals surface area contributed by atoms with Crippen molar-refractivity contribution in [1.29, 1.82) is 0 Å². The molecule has 3 aliphatic rings. The Kier molecular flexibility index (Phi) is 4.65. The molecule has 0 aliphatic carbocycles. The monoisotopic (exact) mass is 349 g/mol. The summed E-state index contributed by atoms with van der Waals surface area (Å²) in [4.78, 5) is 2.57. The van der Waals surface area contributed by atoms with Crippen molar-refractivity contribution in [3.8, 4) is 0 Å². The zero-order valence-electron chi connectivity index (χ0n) is 15.7. The van der Waals surface area contributed by atoms with Gasteiger partial charge in [-0.2, -0.15) is 5.10 Å². The molecular formula is C19H31N3O3. The van der Waals surface area contributed by atoms with Crippen molar-refractivity contribution < 1.29 is 14.6 Å². The normalized spacial score (nSPS) is 36.1. The SMILES string of the molecule is CCn1nc(C)c(CN2C[C@H]3COCC[C@@]3(O)[C@@H]3COCC[C@@H]32)c1C. The van der Waals surface area contributed by atoms with Crippen molar-refractivity contribution in [2.75, 3.05) is 33.0 Å². The largest absolute Gasteiger partial charge is 0.389 e. The average Bonchev–Trinajstić information content (AvgIpc) is 2.90. The number of fused-ring (bicyclic) bond motifs is 3. The first kappa shape index (κ1) is 17.5. The lowest BCUT2D eigenvalue weighted by molar-refractivity contribution is -0.221. The van der Waals surface area contributed by atoms with Gasteiger partial charge in [-0.25, -0.2) is 0 Å². The highest BCUT2D eigenvalue weighted by Crippen LogP contribution is 2.44. The molecule has 1 aromatic rings. The van der Waals surface area contributed by atoms with Gasteiger partial charge < -0.3 is 14.6 Å². The zero-order chi connectivity index (χ0) is 17.6. The predicted octanol–water partition coefficient (Wildman–Crippen LogP) is 1.51. The van der Waals surface area contributed by atoms with Crippen LogP contribution in [0.5, 0.6) is 0 Å². The van der Waals surface area contributed by atoms with E-state index in [1.54, 1.807) is 0 Å². The minimum Gasteiger partial charge on any atom is -0.389 e. The smallest absolute Gasteiger partial charge is 0.0796 e. The minimum absolute atomic E-state index is 0.172. The fraction of sp³-hybridized carbons (Fsp3) is 0.842. The van der Waals surface area contributed by atoms with Crippen molar-refractivity contribution in [2.45, 2.75) is 58.3 Å². The molecule has 1 aromatic heterocycles. The van der Waals surface area contributed by atoms with Crippen LogP contribution in [0.25, 0.3) is 0 Å². The number of aromatic nitrogens is 2. The third kappa shape index (κ3) is 2.83. The second kappa shape index (κ2) is 6.65. The number of aryl methyl sites for hydroxylation is 2. The number of likely N-dealkylation sites (tertiary alicyclic amines) is 1. The van der Waals surface area contributed by atoms with Gasteiger partial charge in [0.25, 0.3) is 0 Å². The van der Waals surface area contributed by atoms with Crippen molar-refractivity contribution in [3.63, 3.8) is 0 Å². The Hall–Kier alpha value is -0.950. The summed E-state index contributed by atoms with van der Waals surface area (Å²) in [5.74, 6) is 0.358. The van der Waals surface area contributed by atoms with Gasteiger partial charge in [0.2, 0.25) is 0 Å². The van der Waals surface area contributed by atoms with Gasteiger partial charge in [-0.05, 0) is 27.2 Å². The summed E-state index contributed by atoms with van der Waals surface area (Å²) in [7, 11) is 0. The standard InChI is InChI=1S/C19H31N3O3/c1-4-22-14(3)16(13(2)20-22)10-21-9-15-11-25-8-6-19(15,23)17-12-24-7-5-18(17)21/h15,17-18,23H,4-12H2,1-3H3/t15-,17+,18-,19-/m0/s1.